The van der Waals surface area contributed by atoms with Crippen molar-refractivity contribution in [3.8, 4) is 5.88 Å². The molecule has 2 amide bonds. The minimum atomic E-state index is -0.295. The van der Waals surface area contributed by atoms with Gasteiger partial charge in [0.1, 0.15) is 11.6 Å². The summed E-state index contributed by atoms with van der Waals surface area (Å²) in [4.78, 5) is 34.5. The molecule has 3 aliphatic rings. The number of hydrogen-bond acceptors (Lipinski definition) is 5. The van der Waals surface area contributed by atoms with Crippen molar-refractivity contribution in [3.05, 3.63) is 77.1 Å². The number of aromatic nitrogens is 1. The van der Waals surface area contributed by atoms with Gasteiger partial charge in [-0.2, -0.15) is 4.98 Å². The number of para-hydroxylation sites is 1. The fourth-order valence-corrected chi connectivity index (χ4v) is 5.88. The highest BCUT2D eigenvalue weighted by atomic mass is 19.1. The van der Waals surface area contributed by atoms with Crippen molar-refractivity contribution in [1.29, 1.82) is 0 Å². The highest BCUT2D eigenvalue weighted by Crippen LogP contribution is 2.45. The molecule has 2 aromatic carbocycles. The van der Waals surface area contributed by atoms with E-state index in [0.29, 0.717) is 49.7 Å². The number of rotatable bonds is 3. The van der Waals surface area contributed by atoms with Crippen LogP contribution in [0.3, 0.4) is 0 Å². The Morgan fingerprint density at radius 1 is 1.08 bits per heavy atom. The van der Waals surface area contributed by atoms with Gasteiger partial charge < -0.3 is 19.9 Å². The van der Waals surface area contributed by atoms with E-state index < -0.39 is 0 Å². The van der Waals surface area contributed by atoms with Gasteiger partial charge in [-0.05, 0) is 60.7 Å². The smallest absolute Gasteiger partial charge is 0.258 e. The SMILES string of the molecule is COc1cc(C(=O)N2CCc3cc(F)ccc32)cc(N2CCC3(CC2)CC(=O)Nc2ccccc23)n1. The van der Waals surface area contributed by atoms with E-state index in [2.05, 4.69) is 21.3 Å². The van der Waals surface area contributed by atoms with Gasteiger partial charge >= 0.3 is 0 Å². The summed E-state index contributed by atoms with van der Waals surface area (Å²) >= 11 is 0. The third-order valence-electron chi connectivity index (χ3n) is 7.74. The van der Waals surface area contributed by atoms with E-state index in [-0.39, 0.29) is 23.0 Å². The number of nitrogens with zero attached hydrogens (tertiary/aromatic N) is 3. The predicted molar refractivity (Wildman–Crippen MR) is 135 cm³/mol. The average molecular weight is 487 g/mol. The molecule has 1 fully saturated rings. The lowest BCUT2D eigenvalue weighted by Crippen LogP contribution is -2.47. The number of methoxy groups -OCH3 is 1. The van der Waals surface area contributed by atoms with Crippen LogP contribution in [0.2, 0.25) is 0 Å². The summed E-state index contributed by atoms with van der Waals surface area (Å²) in [6, 6.07) is 16.1. The maximum Gasteiger partial charge on any atom is 0.258 e. The second kappa shape index (κ2) is 8.62. The molecule has 0 aliphatic carbocycles. The lowest BCUT2D eigenvalue weighted by molar-refractivity contribution is -0.118. The Kier molecular flexibility index (Phi) is 5.39. The molecular weight excluding hydrogens is 459 g/mol. The molecule has 0 unspecified atom stereocenters. The fraction of sp³-hybridized carbons (Fsp3) is 0.321. The lowest BCUT2D eigenvalue weighted by atomic mass is 9.68. The second-order valence-electron chi connectivity index (χ2n) is 9.77. The van der Waals surface area contributed by atoms with Gasteiger partial charge in [0, 0.05) is 54.5 Å². The molecule has 4 heterocycles. The van der Waals surface area contributed by atoms with Crippen LogP contribution in [0.1, 0.15) is 40.7 Å². The Bertz CT molecular complexity index is 1370. The van der Waals surface area contributed by atoms with E-state index in [9.17, 15) is 14.0 Å². The van der Waals surface area contributed by atoms with Gasteiger partial charge in [-0.3, -0.25) is 9.59 Å². The van der Waals surface area contributed by atoms with Crippen LogP contribution in [-0.4, -0.2) is 43.5 Å². The van der Waals surface area contributed by atoms with Crippen molar-refractivity contribution >= 4 is 29.0 Å². The van der Waals surface area contributed by atoms with Crippen LogP contribution in [0.25, 0.3) is 0 Å². The highest BCUT2D eigenvalue weighted by molar-refractivity contribution is 6.07. The summed E-state index contributed by atoms with van der Waals surface area (Å²) in [6.07, 6.45) is 2.72. The normalized spacial score (nSPS) is 18.0. The number of benzene rings is 2. The Balaban J connectivity index is 1.26. The molecule has 36 heavy (non-hydrogen) atoms. The quantitative estimate of drug-likeness (QED) is 0.597. The lowest BCUT2D eigenvalue weighted by Gasteiger charge is -2.45. The number of piperidine rings is 1. The Morgan fingerprint density at radius 2 is 1.89 bits per heavy atom. The van der Waals surface area contributed by atoms with Gasteiger partial charge in [-0.25, -0.2) is 4.39 Å². The van der Waals surface area contributed by atoms with E-state index in [1.807, 2.05) is 24.3 Å². The van der Waals surface area contributed by atoms with E-state index in [0.717, 1.165) is 29.8 Å². The molecule has 184 valence electrons. The van der Waals surface area contributed by atoms with Crippen molar-refractivity contribution < 1.29 is 18.7 Å². The van der Waals surface area contributed by atoms with Crippen molar-refractivity contribution in [2.45, 2.75) is 31.1 Å². The molecule has 0 atom stereocenters. The minimum Gasteiger partial charge on any atom is -0.481 e. The first kappa shape index (κ1) is 22.5. The number of hydrogen-bond donors (Lipinski definition) is 1. The van der Waals surface area contributed by atoms with Crippen molar-refractivity contribution in [2.75, 3.05) is 41.9 Å². The van der Waals surface area contributed by atoms with E-state index in [1.54, 1.807) is 17.0 Å². The maximum atomic E-state index is 13.7. The van der Waals surface area contributed by atoms with Crippen LogP contribution >= 0.6 is 0 Å². The van der Waals surface area contributed by atoms with Gasteiger partial charge in [0.15, 0.2) is 0 Å². The number of amides is 2. The summed E-state index contributed by atoms with van der Waals surface area (Å²) in [5.41, 5.74) is 3.97. The van der Waals surface area contributed by atoms with E-state index in [1.165, 1.54) is 24.8 Å². The van der Waals surface area contributed by atoms with Gasteiger partial charge in [0.25, 0.3) is 5.91 Å². The number of nitrogens with one attached hydrogen (secondary N) is 1. The molecule has 1 saturated heterocycles. The van der Waals surface area contributed by atoms with Gasteiger partial charge in [0.05, 0.1) is 7.11 Å². The number of fused-ring (bicyclic) bond motifs is 3. The monoisotopic (exact) mass is 486 g/mol. The third-order valence-corrected chi connectivity index (χ3v) is 7.74. The van der Waals surface area contributed by atoms with Crippen LogP contribution in [0.15, 0.2) is 54.6 Å². The van der Waals surface area contributed by atoms with Crippen molar-refractivity contribution in [3.63, 3.8) is 0 Å². The molecule has 3 aromatic rings. The first-order valence-electron chi connectivity index (χ1n) is 12.3. The van der Waals surface area contributed by atoms with Crippen molar-refractivity contribution in [1.82, 2.24) is 4.98 Å². The molecule has 7 nitrogen and oxygen atoms in total. The van der Waals surface area contributed by atoms with Crippen LogP contribution in [0, 0.1) is 5.82 Å². The fourth-order valence-electron chi connectivity index (χ4n) is 5.88. The predicted octanol–water partition coefficient (Wildman–Crippen LogP) is 4.31. The Morgan fingerprint density at radius 3 is 2.69 bits per heavy atom. The molecule has 1 spiro atoms. The highest BCUT2D eigenvalue weighted by Gasteiger charge is 2.42. The summed E-state index contributed by atoms with van der Waals surface area (Å²) in [6.45, 7) is 1.92. The van der Waals surface area contributed by atoms with Crippen LogP contribution in [-0.2, 0) is 16.6 Å². The zero-order valence-corrected chi connectivity index (χ0v) is 20.1. The number of halogens is 1. The summed E-state index contributed by atoms with van der Waals surface area (Å²) in [7, 11) is 1.54. The summed E-state index contributed by atoms with van der Waals surface area (Å²) in [5, 5.41) is 3.00. The first-order valence-corrected chi connectivity index (χ1v) is 12.3. The average Bonchev–Trinajstić information content (AvgIpc) is 3.31. The molecule has 8 heteroatoms. The van der Waals surface area contributed by atoms with Gasteiger partial charge in [-0.15, -0.1) is 0 Å². The van der Waals surface area contributed by atoms with Crippen LogP contribution < -0.4 is 19.9 Å². The molecule has 0 bridgehead atoms. The van der Waals surface area contributed by atoms with Gasteiger partial charge in [0.2, 0.25) is 11.8 Å². The minimum absolute atomic E-state index is 0.0558. The Labute approximate surface area is 208 Å². The molecule has 3 aliphatic heterocycles. The standard InChI is InChI=1S/C28H27FN4O3/c1-36-26-16-19(27(35)33-11-8-18-14-20(29)6-7-23(18)33)15-24(31-26)32-12-9-28(10-13-32)17-25(34)30-22-5-3-2-4-21(22)28/h2-7,14-16H,8-13,17H2,1H3,(H,30,34). The van der Waals surface area contributed by atoms with Crippen LogP contribution in [0.4, 0.5) is 21.6 Å². The number of ether oxygens (including phenoxy) is 1. The summed E-state index contributed by atoms with van der Waals surface area (Å²) in [5.74, 6) is 0.655. The zero-order valence-electron chi connectivity index (χ0n) is 20.1. The molecule has 0 radical (unpaired) electrons. The number of carbonyl (C=O) groups excluding carboxylic acids is 2. The topological polar surface area (TPSA) is 74.8 Å². The molecule has 0 saturated carbocycles. The van der Waals surface area contributed by atoms with Gasteiger partial charge in [-0.1, -0.05) is 18.2 Å². The molecule has 1 aromatic heterocycles. The zero-order chi connectivity index (χ0) is 24.9. The number of anilines is 3. The molecular formula is C28H27FN4O3. The number of carbonyl (C=O) groups is 2. The number of pyridine rings is 1. The van der Waals surface area contributed by atoms with E-state index >= 15 is 0 Å². The van der Waals surface area contributed by atoms with Crippen molar-refractivity contribution in [2.24, 2.45) is 0 Å². The first-order chi connectivity index (χ1) is 17.5. The molecule has 1 N–H and O–H groups in total. The second-order valence-corrected chi connectivity index (χ2v) is 9.77. The van der Waals surface area contributed by atoms with E-state index in [4.69, 9.17) is 4.74 Å². The molecule has 6 rings (SSSR count). The maximum absolute atomic E-state index is 13.7. The third kappa shape index (κ3) is 3.77. The Hall–Kier alpha value is -3.94. The largest absolute Gasteiger partial charge is 0.481 e. The summed E-state index contributed by atoms with van der Waals surface area (Å²) < 4.78 is 19.1. The van der Waals surface area contributed by atoms with Crippen LogP contribution in [0.5, 0.6) is 5.88 Å².